The van der Waals surface area contributed by atoms with E-state index in [-0.39, 0.29) is 12.5 Å². The predicted octanol–water partition coefficient (Wildman–Crippen LogP) is 2.31. The van der Waals surface area contributed by atoms with Crippen molar-refractivity contribution in [2.75, 3.05) is 6.54 Å². The lowest BCUT2D eigenvalue weighted by molar-refractivity contribution is 0.0916. The Morgan fingerprint density at radius 3 is 2.63 bits per heavy atom. The summed E-state index contributed by atoms with van der Waals surface area (Å²) in [7, 11) is 0. The zero-order valence-corrected chi connectivity index (χ0v) is 11.7. The summed E-state index contributed by atoms with van der Waals surface area (Å²) in [6, 6.07) is 12.6. The van der Waals surface area contributed by atoms with Crippen LogP contribution in [0.25, 0.3) is 0 Å². The Morgan fingerprint density at radius 1 is 1.26 bits per heavy atom. The first kappa shape index (κ1) is 13.7. The van der Waals surface area contributed by atoms with Gasteiger partial charge < -0.3 is 10.4 Å². The third kappa shape index (κ3) is 3.87. The van der Waals surface area contributed by atoms with Gasteiger partial charge in [-0.3, -0.25) is 4.79 Å². The molecule has 19 heavy (non-hydrogen) atoms. The lowest BCUT2D eigenvalue weighted by atomic mass is 10.1. The van der Waals surface area contributed by atoms with Gasteiger partial charge in [-0.05, 0) is 33.6 Å². The topological polar surface area (TPSA) is 62.2 Å². The number of benzene rings is 1. The van der Waals surface area contributed by atoms with Crippen LogP contribution in [0.2, 0.25) is 0 Å². The largest absolute Gasteiger partial charge is 0.387 e. The molecule has 2 N–H and O–H groups in total. The van der Waals surface area contributed by atoms with Crippen molar-refractivity contribution in [2.24, 2.45) is 0 Å². The van der Waals surface area contributed by atoms with Gasteiger partial charge in [-0.2, -0.15) is 0 Å². The molecule has 0 aliphatic rings. The second-order valence-corrected chi connectivity index (χ2v) is 4.82. The zero-order valence-electron chi connectivity index (χ0n) is 10.1. The Kier molecular flexibility index (Phi) is 4.65. The van der Waals surface area contributed by atoms with Crippen molar-refractivity contribution < 1.29 is 9.90 Å². The molecule has 1 unspecified atom stereocenters. The molecule has 0 fully saturated rings. The van der Waals surface area contributed by atoms with Crippen LogP contribution < -0.4 is 5.32 Å². The number of nitrogens with one attached hydrogen (secondary N) is 1. The van der Waals surface area contributed by atoms with Crippen LogP contribution in [0.4, 0.5) is 0 Å². The summed E-state index contributed by atoms with van der Waals surface area (Å²) >= 11 is 3.20. The van der Waals surface area contributed by atoms with Gasteiger partial charge in [-0.25, -0.2) is 4.98 Å². The number of halogens is 1. The first-order valence-electron chi connectivity index (χ1n) is 5.79. The molecule has 0 saturated carbocycles. The van der Waals surface area contributed by atoms with E-state index >= 15 is 0 Å². The van der Waals surface area contributed by atoms with Crippen molar-refractivity contribution >= 4 is 21.8 Å². The second-order valence-electron chi connectivity index (χ2n) is 4.01. The first-order chi connectivity index (χ1) is 9.16. The van der Waals surface area contributed by atoms with Crippen molar-refractivity contribution in [3.05, 3.63) is 64.4 Å². The van der Waals surface area contributed by atoms with Crippen LogP contribution in [0.1, 0.15) is 22.0 Å². The maximum Gasteiger partial charge on any atom is 0.252 e. The van der Waals surface area contributed by atoms with E-state index in [1.54, 1.807) is 12.1 Å². The van der Waals surface area contributed by atoms with Crippen molar-refractivity contribution in [2.45, 2.75) is 6.10 Å². The summed E-state index contributed by atoms with van der Waals surface area (Å²) in [4.78, 5) is 15.8. The number of carbonyl (C=O) groups excluding carboxylic acids is 1. The van der Waals surface area contributed by atoms with Crippen molar-refractivity contribution in [3.63, 3.8) is 0 Å². The number of nitrogens with zero attached hydrogens (tertiary/aromatic N) is 1. The van der Waals surface area contributed by atoms with Gasteiger partial charge in [0, 0.05) is 12.7 Å². The number of pyridine rings is 1. The lowest BCUT2D eigenvalue weighted by Crippen LogP contribution is -2.28. The normalized spacial score (nSPS) is 11.9. The fourth-order valence-electron chi connectivity index (χ4n) is 1.59. The molecule has 1 aromatic carbocycles. The molecule has 0 aliphatic heterocycles. The van der Waals surface area contributed by atoms with E-state index < -0.39 is 6.10 Å². The van der Waals surface area contributed by atoms with Crippen LogP contribution in [0, 0.1) is 0 Å². The maximum absolute atomic E-state index is 11.8. The van der Waals surface area contributed by atoms with Gasteiger partial charge in [0.25, 0.3) is 5.91 Å². The summed E-state index contributed by atoms with van der Waals surface area (Å²) in [6.45, 7) is 0.166. The number of carbonyl (C=O) groups is 1. The smallest absolute Gasteiger partial charge is 0.252 e. The standard InChI is InChI=1S/C14H13BrN2O2/c15-13-7-6-11(8-16-13)14(19)17-9-12(18)10-4-2-1-3-5-10/h1-8,12,18H,9H2,(H,17,19). The highest BCUT2D eigenvalue weighted by molar-refractivity contribution is 9.10. The van der Waals surface area contributed by atoms with Gasteiger partial charge in [-0.15, -0.1) is 0 Å². The molecule has 1 amide bonds. The SMILES string of the molecule is O=C(NCC(O)c1ccccc1)c1ccc(Br)nc1. The summed E-state index contributed by atoms with van der Waals surface area (Å²) in [5.74, 6) is -0.255. The maximum atomic E-state index is 11.8. The molecule has 98 valence electrons. The number of hydrogen-bond donors (Lipinski definition) is 2. The van der Waals surface area contributed by atoms with Crippen LogP contribution in [-0.2, 0) is 0 Å². The van der Waals surface area contributed by atoms with Gasteiger partial charge >= 0.3 is 0 Å². The monoisotopic (exact) mass is 320 g/mol. The third-order valence-corrected chi connectivity index (χ3v) is 3.10. The minimum Gasteiger partial charge on any atom is -0.387 e. The minimum atomic E-state index is -0.714. The third-order valence-electron chi connectivity index (χ3n) is 2.63. The van der Waals surface area contributed by atoms with Gasteiger partial charge in [0.1, 0.15) is 4.60 Å². The van der Waals surface area contributed by atoms with Crippen LogP contribution in [0.5, 0.6) is 0 Å². The van der Waals surface area contributed by atoms with Gasteiger partial charge in [-0.1, -0.05) is 30.3 Å². The summed E-state index contributed by atoms with van der Waals surface area (Å²) in [5.41, 5.74) is 1.24. The Bertz CT molecular complexity index is 543. The average Bonchev–Trinajstić information content (AvgIpc) is 2.46. The van der Waals surface area contributed by atoms with Gasteiger partial charge in [0.2, 0.25) is 0 Å². The fourth-order valence-corrected chi connectivity index (χ4v) is 1.83. The van der Waals surface area contributed by atoms with Crippen LogP contribution in [-0.4, -0.2) is 22.5 Å². The van der Waals surface area contributed by atoms with E-state index in [4.69, 9.17) is 0 Å². The highest BCUT2D eigenvalue weighted by Crippen LogP contribution is 2.11. The number of aromatic nitrogens is 1. The molecule has 0 bridgehead atoms. The molecule has 2 rings (SSSR count). The Hall–Kier alpha value is -1.72. The number of hydrogen-bond acceptors (Lipinski definition) is 3. The van der Waals surface area contributed by atoms with Gasteiger partial charge in [0.15, 0.2) is 0 Å². The highest BCUT2D eigenvalue weighted by atomic mass is 79.9. The predicted molar refractivity (Wildman–Crippen MR) is 75.7 cm³/mol. The van der Waals surface area contributed by atoms with E-state index in [0.717, 1.165) is 5.56 Å². The molecular weight excluding hydrogens is 308 g/mol. The highest BCUT2D eigenvalue weighted by Gasteiger charge is 2.10. The van der Waals surface area contributed by atoms with Crippen molar-refractivity contribution in [1.82, 2.24) is 10.3 Å². The van der Waals surface area contributed by atoms with Crippen LogP contribution in [0.3, 0.4) is 0 Å². The summed E-state index contributed by atoms with van der Waals surface area (Å²) < 4.78 is 0.674. The first-order valence-corrected chi connectivity index (χ1v) is 6.59. The van der Waals surface area contributed by atoms with E-state index in [1.807, 2.05) is 30.3 Å². The van der Waals surface area contributed by atoms with E-state index in [9.17, 15) is 9.90 Å². The molecule has 0 radical (unpaired) electrons. The zero-order chi connectivity index (χ0) is 13.7. The second kappa shape index (κ2) is 6.45. The van der Waals surface area contributed by atoms with E-state index in [2.05, 4.69) is 26.2 Å². The molecule has 1 atom stereocenters. The Balaban J connectivity index is 1.92. The molecule has 5 heteroatoms. The lowest BCUT2D eigenvalue weighted by Gasteiger charge is -2.12. The molecule has 1 aromatic heterocycles. The average molecular weight is 321 g/mol. The van der Waals surface area contributed by atoms with Crippen molar-refractivity contribution in [3.8, 4) is 0 Å². The molecule has 1 heterocycles. The summed E-state index contributed by atoms with van der Waals surface area (Å²) in [5, 5.41) is 12.6. The number of aliphatic hydroxyl groups is 1. The number of aliphatic hydroxyl groups excluding tert-OH is 1. The molecule has 4 nitrogen and oxygen atoms in total. The molecule has 0 saturated heterocycles. The molecule has 0 aliphatic carbocycles. The van der Waals surface area contributed by atoms with E-state index in [1.165, 1.54) is 6.20 Å². The summed E-state index contributed by atoms with van der Waals surface area (Å²) in [6.07, 6.45) is 0.766. The van der Waals surface area contributed by atoms with Crippen molar-refractivity contribution in [1.29, 1.82) is 0 Å². The van der Waals surface area contributed by atoms with E-state index in [0.29, 0.717) is 10.2 Å². The quantitative estimate of drug-likeness (QED) is 0.850. The number of rotatable bonds is 4. The van der Waals surface area contributed by atoms with Crippen LogP contribution >= 0.6 is 15.9 Å². The Labute approximate surface area is 119 Å². The minimum absolute atomic E-state index is 0.166. The van der Waals surface area contributed by atoms with Gasteiger partial charge in [0.05, 0.1) is 11.7 Å². The van der Waals surface area contributed by atoms with Crippen LogP contribution in [0.15, 0.2) is 53.3 Å². The molecule has 0 spiro atoms. The number of amides is 1. The molecular formula is C14H13BrN2O2. The Morgan fingerprint density at radius 2 is 2.00 bits per heavy atom. The molecule has 2 aromatic rings. The fraction of sp³-hybridized carbons (Fsp3) is 0.143.